The summed E-state index contributed by atoms with van der Waals surface area (Å²) in [6, 6.07) is 44.1. The van der Waals surface area contributed by atoms with E-state index in [1.165, 1.54) is 15.7 Å². The van der Waals surface area contributed by atoms with Crippen LogP contribution < -0.4 is 21.3 Å². The summed E-state index contributed by atoms with van der Waals surface area (Å²) in [5.41, 5.74) is 0.816. The van der Waals surface area contributed by atoms with Gasteiger partial charge < -0.3 is 45.0 Å². The maximum Gasteiger partial charge on any atom is 0.417 e. The van der Waals surface area contributed by atoms with Gasteiger partial charge in [-0.15, -0.1) is 0 Å². The number of benzene rings is 5. The summed E-state index contributed by atoms with van der Waals surface area (Å²) in [5, 5.41) is 13.2. The Hall–Kier alpha value is -1.14. The molecule has 6 unspecified atom stereocenters. The van der Waals surface area contributed by atoms with Crippen LogP contribution in [0.3, 0.4) is 0 Å². The van der Waals surface area contributed by atoms with E-state index < -0.39 is 64.4 Å². The number of hydrogen-bond acceptors (Lipinski definition) is 15. The number of hydrogen-bond donors (Lipinski definition) is 4. The fraction of sp³-hybridized carbons (Fsp3) is 0.514. The minimum absolute atomic E-state index is 0.218. The molecule has 554 valence electrons. The van der Waals surface area contributed by atoms with E-state index in [1.54, 1.807) is 0 Å². The number of nitrogens with one attached hydrogen (secondary N) is 4. The van der Waals surface area contributed by atoms with Crippen molar-refractivity contribution < 1.29 is 60.8 Å². The monoisotopic (exact) mass is 2180 g/mol. The minimum Gasteiger partial charge on any atom is -0.453 e. The third kappa shape index (κ3) is 19.8. The van der Waals surface area contributed by atoms with Gasteiger partial charge in [0.05, 0.1) is 10.6 Å². The average Bonchev–Trinajstić information content (AvgIpc) is 1.07. The van der Waals surface area contributed by atoms with Gasteiger partial charge in [-0.2, -0.15) is 13.2 Å². The first-order chi connectivity index (χ1) is 48.5. The van der Waals surface area contributed by atoms with Gasteiger partial charge in [-0.3, -0.25) is 4.90 Å². The van der Waals surface area contributed by atoms with Crippen molar-refractivity contribution in [2.45, 2.75) is 142 Å². The van der Waals surface area contributed by atoms with Gasteiger partial charge >= 0.3 is 36.0 Å². The number of halogens is 15. The van der Waals surface area contributed by atoms with Crippen LogP contribution in [0.25, 0.3) is 0 Å². The summed E-state index contributed by atoms with van der Waals surface area (Å²) in [6.45, 7) is 6.64. The molecule has 10 fully saturated rings. The molecule has 5 aromatic carbocycles. The molecular formula is C72H76Br10ClF3IN5O10. The van der Waals surface area contributed by atoms with Crippen molar-refractivity contribution in [3.05, 3.63) is 175 Å². The molecule has 10 aliphatic rings. The average molecular weight is 2190 g/mol. The lowest BCUT2D eigenvalue weighted by atomic mass is 9.54. The summed E-state index contributed by atoms with van der Waals surface area (Å²) in [7, 11) is 0. The number of ether oxygens (including phenoxy) is 5. The maximum atomic E-state index is 13.1. The van der Waals surface area contributed by atoms with E-state index in [0.717, 1.165) is 125 Å². The lowest BCUT2D eigenvalue weighted by Gasteiger charge is -2.60. The molecule has 7 aliphatic heterocycles. The van der Waals surface area contributed by atoms with Crippen molar-refractivity contribution in [3.8, 4) is 0 Å². The number of alkyl halides is 13. The van der Waals surface area contributed by atoms with Crippen LogP contribution in [0.5, 0.6) is 0 Å². The van der Waals surface area contributed by atoms with Crippen LogP contribution in [-0.4, -0.2) is 124 Å². The van der Waals surface area contributed by atoms with Crippen molar-refractivity contribution in [1.29, 1.82) is 0 Å². The first-order valence-corrected chi connectivity index (χ1v) is 44.1. The predicted molar refractivity (Wildman–Crippen MR) is 431 cm³/mol. The SMILES string of the molecule is O=C(OC1(c2ccc(Cl)c(C(F)(F)F)c2)CCNCC1)C(Br)Br.O=C(OC1(c2ccc(I)cc2)CCNCC1)C(Br)Br.O=C(OC1(c2ccccc2)C2CC3CC1CC(C2)N3)C(Br)Br.O=C(OC1(c2ccccc2)CC2CC1CN2)C(Br)Br.O=C(OC1(c2ccccc2)CN2CCC1C2)C(Br)Br. The van der Waals surface area contributed by atoms with E-state index >= 15 is 0 Å². The molecule has 6 atom stereocenters. The number of esters is 5. The lowest BCUT2D eigenvalue weighted by Crippen LogP contribution is -2.66. The smallest absolute Gasteiger partial charge is 0.417 e. The molecule has 8 bridgehead atoms. The molecule has 5 aromatic rings. The van der Waals surface area contributed by atoms with Crippen LogP contribution in [0.1, 0.15) is 104 Å². The Morgan fingerprint density at radius 1 is 0.490 bits per heavy atom. The highest BCUT2D eigenvalue weighted by Crippen LogP contribution is 2.59. The zero-order valence-corrected chi connectivity index (χ0v) is 73.5. The molecule has 30 heteroatoms. The van der Waals surface area contributed by atoms with Crippen molar-refractivity contribution in [3.63, 3.8) is 0 Å². The Morgan fingerprint density at radius 3 is 1.31 bits per heavy atom. The van der Waals surface area contributed by atoms with Gasteiger partial charge in [-0.25, -0.2) is 24.0 Å². The third-order valence-corrected chi connectivity index (χ3v) is 25.6. The number of nitrogens with zero attached hydrogens (tertiary/aromatic N) is 1. The topological polar surface area (TPSA) is 183 Å². The third-order valence-electron chi connectivity index (χ3n) is 20.8. The van der Waals surface area contributed by atoms with Crippen LogP contribution in [0, 0.1) is 27.2 Å². The van der Waals surface area contributed by atoms with Crippen LogP contribution in [0.4, 0.5) is 13.2 Å². The zero-order chi connectivity index (χ0) is 73.4. The standard InChI is InChI=1S/C17H19Br2NO2.C14H13Br2ClF3NO2.2C14H15Br2NO2.C13H14Br2INO2/c18-15(19)16(21)22-17(10-4-2-1-3-5-10)11-6-13-8-12(17)9-14(7-11)20-13;15-11(16)12(22)23-13(3-5-21-6-4-13)8-1-2-10(17)9(7-8)14(18,19)20;15-12(16)13(18)19-14(9-4-2-1-3-5-9)7-11-6-10(14)8-17-11;15-12(16)13(18)19-14(10-4-2-1-3-5-10)9-17-7-6-11(14)8-17;14-11(15)12(18)19-13(5-7-17-8-6-13)9-1-3-10(16)4-2-9/h1-5,11-15,20H,6-9H2;1-2,7,11,21H,3-6H2;1-5,10-12,17H,6-8H2;1-5,11-12H,6-9H2;1-4,11,17H,5-8H2. The van der Waals surface area contributed by atoms with Gasteiger partial charge in [0.1, 0.15) is 22.4 Å². The van der Waals surface area contributed by atoms with E-state index in [0.29, 0.717) is 73.3 Å². The van der Waals surface area contributed by atoms with Crippen LogP contribution in [0.2, 0.25) is 5.02 Å². The molecule has 0 aromatic heterocycles. The van der Waals surface area contributed by atoms with E-state index in [-0.39, 0.29) is 28.9 Å². The normalized spacial score (nSPS) is 28.2. The summed E-state index contributed by atoms with van der Waals surface area (Å²) >= 11 is 39.9. The van der Waals surface area contributed by atoms with Crippen molar-refractivity contribution >= 4 is 223 Å². The van der Waals surface area contributed by atoms with Crippen molar-refractivity contribution in [2.24, 2.45) is 23.7 Å². The summed E-state index contributed by atoms with van der Waals surface area (Å²) in [6.07, 6.45) is 5.23. The Balaban J connectivity index is 0.000000138. The fourth-order valence-corrected chi connectivity index (χ4v) is 17.9. The molecule has 0 amide bonds. The van der Waals surface area contributed by atoms with E-state index in [4.69, 9.17) is 35.3 Å². The molecule has 15 nitrogen and oxygen atoms in total. The number of carbonyl (C=O) groups excluding carboxylic acids is 5. The Kier molecular flexibility index (Phi) is 30.1. The van der Waals surface area contributed by atoms with E-state index in [2.05, 4.69) is 257 Å². The molecule has 15 rings (SSSR count). The van der Waals surface area contributed by atoms with E-state index in [1.807, 2.05) is 66.7 Å². The Morgan fingerprint density at radius 2 is 0.902 bits per heavy atom. The van der Waals surface area contributed by atoms with Crippen LogP contribution in [0.15, 0.2) is 133 Å². The van der Waals surface area contributed by atoms with Gasteiger partial charge in [0.2, 0.25) is 0 Å². The second-order valence-electron chi connectivity index (χ2n) is 26.8. The molecule has 7 saturated heterocycles. The predicted octanol–water partition coefficient (Wildman–Crippen LogP) is 17.6. The maximum absolute atomic E-state index is 13.1. The Labute approximate surface area is 695 Å². The highest BCUT2D eigenvalue weighted by atomic mass is 127. The fourth-order valence-electron chi connectivity index (χ4n) is 16.4. The molecule has 4 N–H and O–H groups in total. The van der Waals surface area contributed by atoms with Crippen LogP contribution in [-0.2, 0) is 81.8 Å². The molecule has 0 spiro atoms. The number of carbonyl (C=O) groups is 5. The molecule has 0 radical (unpaired) electrons. The first kappa shape index (κ1) is 83.3. The van der Waals surface area contributed by atoms with E-state index in [9.17, 15) is 37.1 Å². The molecule has 7 heterocycles. The van der Waals surface area contributed by atoms with Gasteiger partial charge in [0, 0.05) is 97.1 Å². The van der Waals surface area contributed by atoms with Crippen molar-refractivity contribution in [1.82, 2.24) is 26.2 Å². The lowest BCUT2D eigenvalue weighted by molar-refractivity contribution is -0.204. The minimum atomic E-state index is -4.57. The molecular weight excluding hydrogens is 2110 g/mol. The molecule has 102 heavy (non-hydrogen) atoms. The molecule has 3 saturated carbocycles. The van der Waals surface area contributed by atoms with Gasteiger partial charge in [0.25, 0.3) is 0 Å². The highest BCUT2D eigenvalue weighted by molar-refractivity contribution is 14.1. The number of fused-ring (bicyclic) bond motifs is 4. The number of piperidine rings is 6. The second-order valence-corrected chi connectivity index (χ2v) is 43.8. The molecule has 3 aliphatic carbocycles. The number of rotatable bonds is 15. The zero-order valence-electron chi connectivity index (χ0n) is 54.8. The largest absolute Gasteiger partial charge is 0.453 e. The van der Waals surface area contributed by atoms with Crippen molar-refractivity contribution in [2.75, 3.05) is 52.4 Å². The summed E-state index contributed by atoms with van der Waals surface area (Å²) in [4.78, 5) is 62.7. The highest BCUT2D eigenvalue weighted by Gasteiger charge is 2.61. The van der Waals surface area contributed by atoms with Gasteiger partial charge in [-0.05, 0) is 146 Å². The van der Waals surface area contributed by atoms with Gasteiger partial charge in [-0.1, -0.05) is 280 Å². The van der Waals surface area contributed by atoms with Crippen LogP contribution >= 0.6 is 193 Å². The summed E-state index contributed by atoms with van der Waals surface area (Å²) in [5.74, 6) is 0.0112. The summed E-state index contributed by atoms with van der Waals surface area (Å²) < 4.78 is 67.3. The Bertz CT molecular complexity index is 3560. The van der Waals surface area contributed by atoms with Gasteiger partial charge in [0.15, 0.2) is 24.3 Å². The quantitative estimate of drug-likeness (QED) is 0.0336. The first-order valence-electron chi connectivity index (χ1n) is 33.5. The second kappa shape index (κ2) is 36.8.